The molecule has 0 aromatic carbocycles. The third-order valence-corrected chi connectivity index (χ3v) is 1.95. The Hall–Kier alpha value is -0.870. The Morgan fingerprint density at radius 3 is 3.09 bits per heavy atom. The molecule has 4 heteroatoms. The van der Waals surface area contributed by atoms with Crippen LogP contribution in [0, 0.1) is 0 Å². The zero-order valence-corrected chi connectivity index (χ0v) is 6.59. The van der Waals surface area contributed by atoms with E-state index < -0.39 is 0 Å². The summed E-state index contributed by atoms with van der Waals surface area (Å²) in [5.74, 6) is 0.906. The lowest BCUT2D eigenvalue weighted by Crippen LogP contribution is -2.10. The maximum atomic E-state index is 5.44. The molecule has 0 fully saturated rings. The third-order valence-electron chi connectivity index (χ3n) is 1.95. The number of H-pyrrole nitrogens is 1. The molecule has 60 valence electrons. The van der Waals surface area contributed by atoms with Crippen molar-refractivity contribution in [2.45, 2.75) is 19.6 Å². The van der Waals surface area contributed by atoms with Gasteiger partial charge in [-0.05, 0) is 7.05 Å². The van der Waals surface area contributed by atoms with E-state index in [2.05, 4.69) is 21.9 Å². The summed E-state index contributed by atoms with van der Waals surface area (Å²) in [4.78, 5) is 9.75. The fraction of sp³-hybridized carbons (Fsp3) is 0.571. The van der Waals surface area contributed by atoms with Gasteiger partial charge in [-0.1, -0.05) is 0 Å². The number of nitrogens with zero attached hydrogens (tertiary/aromatic N) is 2. The summed E-state index contributed by atoms with van der Waals surface area (Å²) < 4.78 is 0. The van der Waals surface area contributed by atoms with Crippen LogP contribution in [0.2, 0.25) is 0 Å². The van der Waals surface area contributed by atoms with Crippen LogP contribution in [0.4, 0.5) is 0 Å². The van der Waals surface area contributed by atoms with Gasteiger partial charge in [0.25, 0.3) is 0 Å². The number of rotatable bonds is 1. The van der Waals surface area contributed by atoms with Gasteiger partial charge < -0.3 is 10.7 Å². The highest BCUT2D eigenvalue weighted by molar-refractivity contribution is 5.18. The predicted octanol–water partition coefficient (Wildman–Crippen LogP) is -0.186. The Kier molecular flexibility index (Phi) is 1.44. The molecule has 0 unspecified atom stereocenters. The van der Waals surface area contributed by atoms with E-state index in [0.29, 0.717) is 6.54 Å². The summed E-state index contributed by atoms with van der Waals surface area (Å²) in [7, 11) is 2.08. The van der Waals surface area contributed by atoms with Crippen LogP contribution in [0.25, 0.3) is 0 Å². The molecule has 1 aliphatic heterocycles. The molecule has 0 bridgehead atoms. The molecule has 0 amide bonds. The topological polar surface area (TPSA) is 57.9 Å². The predicted molar refractivity (Wildman–Crippen MR) is 41.7 cm³/mol. The summed E-state index contributed by atoms with van der Waals surface area (Å²) in [5.41, 5.74) is 7.83. The molecular formula is C7H12N4. The van der Waals surface area contributed by atoms with Crippen LogP contribution in [0.1, 0.15) is 17.2 Å². The molecule has 0 aliphatic carbocycles. The van der Waals surface area contributed by atoms with Crippen molar-refractivity contribution in [2.75, 3.05) is 7.05 Å². The molecular weight excluding hydrogens is 140 g/mol. The molecule has 11 heavy (non-hydrogen) atoms. The fourth-order valence-electron chi connectivity index (χ4n) is 1.44. The van der Waals surface area contributed by atoms with E-state index in [9.17, 15) is 0 Å². The van der Waals surface area contributed by atoms with Crippen molar-refractivity contribution in [3.63, 3.8) is 0 Å². The number of aromatic amines is 1. The molecule has 1 aromatic heterocycles. The van der Waals surface area contributed by atoms with Crippen molar-refractivity contribution in [3.05, 3.63) is 17.2 Å². The highest BCUT2D eigenvalue weighted by Gasteiger charge is 2.19. The Labute approximate surface area is 65.4 Å². The summed E-state index contributed by atoms with van der Waals surface area (Å²) in [6.07, 6.45) is 0. The minimum absolute atomic E-state index is 0.511. The van der Waals surface area contributed by atoms with Crippen LogP contribution in [-0.2, 0) is 19.6 Å². The maximum absolute atomic E-state index is 5.44. The van der Waals surface area contributed by atoms with Gasteiger partial charge in [-0.25, -0.2) is 4.98 Å². The lowest BCUT2D eigenvalue weighted by Gasteiger charge is -2.03. The van der Waals surface area contributed by atoms with E-state index in [0.717, 1.165) is 24.6 Å². The van der Waals surface area contributed by atoms with Gasteiger partial charge in [0.05, 0.1) is 17.9 Å². The molecule has 2 rings (SSSR count). The SMILES string of the molecule is CN1Cc2nc(CN)[nH]c2C1. The monoisotopic (exact) mass is 152 g/mol. The molecule has 0 saturated heterocycles. The van der Waals surface area contributed by atoms with Crippen molar-refractivity contribution < 1.29 is 0 Å². The van der Waals surface area contributed by atoms with Crippen LogP contribution in [0.3, 0.4) is 0 Å². The smallest absolute Gasteiger partial charge is 0.120 e. The van der Waals surface area contributed by atoms with E-state index in [1.54, 1.807) is 0 Å². The molecule has 1 aliphatic rings. The number of imidazole rings is 1. The van der Waals surface area contributed by atoms with Gasteiger partial charge in [0.1, 0.15) is 5.82 Å². The van der Waals surface area contributed by atoms with Crippen molar-refractivity contribution in [1.82, 2.24) is 14.9 Å². The molecule has 0 radical (unpaired) electrons. The average molecular weight is 152 g/mol. The number of fused-ring (bicyclic) bond motifs is 1. The molecule has 4 nitrogen and oxygen atoms in total. The molecule has 0 saturated carbocycles. The van der Waals surface area contributed by atoms with Crippen molar-refractivity contribution in [3.8, 4) is 0 Å². The van der Waals surface area contributed by atoms with E-state index >= 15 is 0 Å². The van der Waals surface area contributed by atoms with E-state index in [-0.39, 0.29) is 0 Å². The Morgan fingerprint density at radius 2 is 2.45 bits per heavy atom. The second-order valence-electron chi connectivity index (χ2n) is 2.99. The second kappa shape index (κ2) is 2.32. The largest absolute Gasteiger partial charge is 0.343 e. The zero-order valence-electron chi connectivity index (χ0n) is 6.59. The summed E-state index contributed by atoms with van der Waals surface area (Å²) in [5, 5.41) is 0. The van der Waals surface area contributed by atoms with Crippen LogP contribution in [-0.4, -0.2) is 21.9 Å². The highest BCUT2D eigenvalue weighted by Crippen LogP contribution is 2.17. The fourth-order valence-corrected chi connectivity index (χ4v) is 1.44. The first kappa shape index (κ1) is 6.82. The van der Waals surface area contributed by atoms with Crippen LogP contribution in [0.15, 0.2) is 0 Å². The number of hydrogen-bond acceptors (Lipinski definition) is 3. The normalized spacial score (nSPS) is 17.3. The maximum Gasteiger partial charge on any atom is 0.120 e. The van der Waals surface area contributed by atoms with Crippen LogP contribution in [0.5, 0.6) is 0 Å². The Balaban J connectivity index is 2.29. The third kappa shape index (κ3) is 1.04. The molecule has 1 aromatic rings. The molecule has 3 N–H and O–H groups in total. The summed E-state index contributed by atoms with van der Waals surface area (Å²) in [6.45, 7) is 2.44. The van der Waals surface area contributed by atoms with Gasteiger partial charge in [-0.15, -0.1) is 0 Å². The minimum Gasteiger partial charge on any atom is -0.343 e. The first-order chi connectivity index (χ1) is 5.29. The number of nitrogens with one attached hydrogen (secondary N) is 1. The van der Waals surface area contributed by atoms with Crippen LogP contribution >= 0.6 is 0 Å². The average Bonchev–Trinajstić information content (AvgIpc) is 2.43. The molecule has 2 heterocycles. The lowest BCUT2D eigenvalue weighted by atomic mass is 10.4. The number of nitrogens with two attached hydrogens (primary N) is 1. The van der Waals surface area contributed by atoms with Gasteiger partial charge in [0, 0.05) is 13.1 Å². The van der Waals surface area contributed by atoms with Gasteiger partial charge in [-0.2, -0.15) is 0 Å². The highest BCUT2D eigenvalue weighted by atomic mass is 15.2. The van der Waals surface area contributed by atoms with Crippen molar-refractivity contribution >= 4 is 0 Å². The molecule has 0 atom stereocenters. The lowest BCUT2D eigenvalue weighted by molar-refractivity contribution is 0.346. The van der Waals surface area contributed by atoms with Crippen molar-refractivity contribution in [2.24, 2.45) is 5.73 Å². The van der Waals surface area contributed by atoms with E-state index in [1.807, 2.05) is 0 Å². The van der Waals surface area contributed by atoms with Crippen molar-refractivity contribution in [1.29, 1.82) is 0 Å². The number of aromatic nitrogens is 2. The zero-order chi connectivity index (χ0) is 7.84. The Bertz CT molecular complexity index is 242. The minimum atomic E-state index is 0.511. The van der Waals surface area contributed by atoms with Gasteiger partial charge in [-0.3, -0.25) is 4.90 Å². The molecule has 0 spiro atoms. The van der Waals surface area contributed by atoms with E-state index in [1.165, 1.54) is 5.69 Å². The standard InChI is InChI=1S/C7H12N4/c1-11-3-5-6(4-11)10-7(2-8)9-5/h2-4,8H2,1H3,(H,9,10). The van der Waals surface area contributed by atoms with Gasteiger partial charge >= 0.3 is 0 Å². The second-order valence-corrected chi connectivity index (χ2v) is 2.99. The summed E-state index contributed by atoms with van der Waals surface area (Å²) >= 11 is 0. The quantitative estimate of drug-likeness (QED) is 0.586. The summed E-state index contributed by atoms with van der Waals surface area (Å²) in [6, 6.07) is 0. The van der Waals surface area contributed by atoms with Crippen LogP contribution < -0.4 is 5.73 Å². The number of hydrogen-bond donors (Lipinski definition) is 2. The first-order valence-corrected chi connectivity index (χ1v) is 3.75. The van der Waals surface area contributed by atoms with E-state index in [4.69, 9.17) is 5.73 Å². The van der Waals surface area contributed by atoms with Gasteiger partial charge in [0.15, 0.2) is 0 Å². The van der Waals surface area contributed by atoms with Gasteiger partial charge in [0.2, 0.25) is 0 Å². The Morgan fingerprint density at radius 1 is 1.64 bits per heavy atom. The first-order valence-electron chi connectivity index (χ1n) is 3.75.